The third-order valence-electron chi connectivity index (χ3n) is 2.57. The van der Waals surface area contributed by atoms with Gasteiger partial charge in [0.15, 0.2) is 0 Å². The number of carbonyl (C=O) groups excluding carboxylic acids is 1. The van der Waals surface area contributed by atoms with Crippen LogP contribution in [0.5, 0.6) is 0 Å². The summed E-state index contributed by atoms with van der Waals surface area (Å²) in [5.41, 5.74) is 3.95. The van der Waals surface area contributed by atoms with Crippen LogP contribution in [0.15, 0.2) is 41.1 Å². The van der Waals surface area contributed by atoms with Crippen LogP contribution in [0.4, 0.5) is 11.4 Å². The molecule has 7 heteroatoms. The number of amides is 1. The lowest BCUT2D eigenvalue weighted by molar-refractivity contribution is 0.102. The molecule has 0 bridgehead atoms. The molecule has 0 aliphatic rings. The minimum absolute atomic E-state index is 0.291. The van der Waals surface area contributed by atoms with Gasteiger partial charge in [-0.15, -0.1) is 0 Å². The fourth-order valence-corrected chi connectivity index (χ4v) is 1.97. The molecule has 0 fully saturated rings. The molecule has 4 N–H and O–H groups in total. The summed E-state index contributed by atoms with van der Waals surface area (Å²) in [6, 6.07) is 8.60. The molecule has 0 saturated carbocycles. The van der Waals surface area contributed by atoms with Crippen LogP contribution in [0.1, 0.15) is 15.9 Å². The van der Waals surface area contributed by atoms with Crippen LogP contribution in [0, 0.1) is 11.3 Å². The van der Waals surface area contributed by atoms with Crippen molar-refractivity contribution in [2.75, 3.05) is 10.7 Å². The maximum atomic E-state index is 12.2. The average molecular weight is 332 g/mol. The Kier molecular flexibility index (Phi) is 4.30. The molecule has 0 spiro atoms. The van der Waals surface area contributed by atoms with E-state index in [-0.39, 0.29) is 0 Å². The van der Waals surface area contributed by atoms with Crippen molar-refractivity contribution >= 4 is 33.2 Å². The number of nitrogens with one attached hydrogen (secondary N) is 2. The van der Waals surface area contributed by atoms with E-state index in [2.05, 4.69) is 31.7 Å². The maximum absolute atomic E-state index is 12.2. The Morgan fingerprint density at radius 3 is 2.85 bits per heavy atom. The number of nitrogen functional groups attached to an aromatic ring is 1. The second-order valence-corrected chi connectivity index (χ2v) is 4.74. The first kappa shape index (κ1) is 14.0. The van der Waals surface area contributed by atoms with E-state index in [1.807, 2.05) is 6.07 Å². The molecule has 20 heavy (non-hydrogen) atoms. The smallest absolute Gasteiger partial charge is 0.259 e. The lowest BCUT2D eigenvalue weighted by atomic mass is 10.1. The van der Waals surface area contributed by atoms with Gasteiger partial charge in [0.25, 0.3) is 5.91 Å². The van der Waals surface area contributed by atoms with Crippen LogP contribution >= 0.6 is 15.9 Å². The number of hydrazine groups is 1. The van der Waals surface area contributed by atoms with Crippen LogP contribution in [0.2, 0.25) is 0 Å². The van der Waals surface area contributed by atoms with Crippen LogP contribution < -0.4 is 16.6 Å². The highest BCUT2D eigenvalue weighted by Crippen LogP contribution is 2.22. The zero-order chi connectivity index (χ0) is 14.5. The van der Waals surface area contributed by atoms with Gasteiger partial charge >= 0.3 is 0 Å². The van der Waals surface area contributed by atoms with Gasteiger partial charge < -0.3 is 10.7 Å². The van der Waals surface area contributed by atoms with Crippen molar-refractivity contribution in [1.82, 2.24) is 4.98 Å². The maximum Gasteiger partial charge on any atom is 0.259 e. The highest BCUT2D eigenvalue weighted by Gasteiger charge is 2.13. The number of hydrogen-bond donors (Lipinski definition) is 3. The molecule has 2 aromatic rings. The number of nitrogens with zero attached hydrogens (tertiary/aromatic N) is 2. The predicted molar refractivity (Wildman–Crippen MR) is 78.9 cm³/mol. The van der Waals surface area contributed by atoms with E-state index < -0.39 is 5.91 Å². The minimum atomic E-state index is -0.402. The van der Waals surface area contributed by atoms with Gasteiger partial charge in [0.05, 0.1) is 22.5 Å². The second-order valence-electron chi connectivity index (χ2n) is 3.82. The molecule has 0 radical (unpaired) electrons. The molecule has 0 atom stereocenters. The van der Waals surface area contributed by atoms with E-state index in [9.17, 15) is 4.79 Å². The average Bonchev–Trinajstić information content (AvgIpc) is 2.47. The van der Waals surface area contributed by atoms with Crippen LogP contribution in [-0.4, -0.2) is 10.9 Å². The third-order valence-corrected chi connectivity index (χ3v) is 3.06. The van der Waals surface area contributed by atoms with Crippen molar-refractivity contribution in [3.8, 4) is 6.07 Å². The van der Waals surface area contributed by atoms with Crippen LogP contribution in [-0.2, 0) is 0 Å². The number of nitriles is 1. The first-order valence-corrected chi connectivity index (χ1v) is 6.36. The van der Waals surface area contributed by atoms with Crippen LogP contribution in [0.25, 0.3) is 0 Å². The molecule has 6 nitrogen and oxygen atoms in total. The number of aromatic nitrogens is 1. The van der Waals surface area contributed by atoms with Gasteiger partial charge in [-0.05, 0) is 24.3 Å². The monoisotopic (exact) mass is 331 g/mol. The van der Waals surface area contributed by atoms with Crippen molar-refractivity contribution in [3.05, 3.63) is 52.3 Å². The molecular formula is C13H10BrN5O. The van der Waals surface area contributed by atoms with Gasteiger partial charge in [-0.25, -0.2) is 0 Å². The standard InChI is InChI=1S/C13H10BrN5O/c14-9-2-1-8(6-15)12(5-9)18-13(20)10-7-17-4-3-11(10)19-16/h1-5,7H,16H2,(H,17,19)(H,18,20). The van der Waals surface area contributed by atoms with Gasteiger partial charge in [-0.3, -0.25) is 15.6 Å². The molecule has 0 aliphatic carbocycles. The Balaban J connectivity index is 2.33. The highest BCUT2D eigenvalue weighted by atomic mass is 79.9. The van der Waals surface area contributed by atoms with E-state index in [1.165, 1.54) is 12.4 Å². The van der Waals surface area contributed by atoms with E-state index >= 15 is 0 Å². The number of anilines is 2. The van der Waals surface area contributed by atoms with Crippen molar-refractivity contribution < 1.29 is 4.79 Å². The molecule has 1 aromatic carbocycles. The first-order valence-electron chi connectivity index (χ1n) is 5.57. The first-order chi connectivity index (χ1) is 9.65. The SMILES string of the molecule is N#Cc1ccc(Br)cc1NC(=O)c1cnccc1NN. The van der Waals surface area contributed by atoms with E-state index in [4.69, 9.17) is 11.1 Å². The second kappa shape index (κ2) is 6.14. The summed E-state index contributed by atoms with van der Waals surface area (Å²) in [7, 11) is 0. The van der Waals surface area contributed by atoms with Gasteiger partial charge in [0.1, 0.15) is 6.07 Å². The van der Waals surface area contributed by atoms with Gasteiger partial charge in [0, 0.05) is 16.9 Å². The van der Waals surface area contributed by atoms with Gasteiger partial charge in [0.2, 0.25) is 0 Å². The lowest BCUT2D eigenvalue weighted by Gasteiger charge is -2.10. The summed E-state index contributed by atoms with van der Waals surface area (Å²) < 4.78 is 0.759. The predicted octanol–water partition coefficient (Wildman–Crippen LogP) is 2.25. The molecule has 1 amide bonds. The molecule has 1 aromatic heterocycles. The summed E-state index contributed by atoms with van der Waals surface area (Å²) in [4.78, 5) is 16.1. The van der Waals surface area contributed by atoms with Crippen LogP contribution in [0.3, 0.4) is 0 Å². The number of nitrogens with two attached hydrogens (primary N) is 1. The normalized spacial score (nSPS) is 9.65. The van der Waals surface area contributed by atoms with E-state index in [0.717, 1.165) is 4.47 Å². The Labute approximate surface area is 123 Å². The summed E-state index contributed by atoms with van der Waals surface area (Å²) in [6.07, 6.45) is 2.92. The van der Waals surface area contributed by atoms with E-state index in [0.29, 0.717) is 22.5 Å². The topological polar surface area (TPSA) is 104 Å². The minimum Gasteiger partial charge on any atom is -0.323 e. The molecule has 0 aliphatic heterocycles. The molecule has 0 saturated heterocycles. The Bertz CT molecular complexity index is 695. The van der Waals surface area contributed by atoms with Gasteiger partial charge in [-0.1, -0.05) is 15.9 Å². The number of pyridine rings is 1. The molecule has 1 heterocycles. The summed E-state index contributed by atoms with van der Waals surface area (Å²) in [5, 5.41) is 11.7. The van der Waals surface area contributed by atoms with Gasteiger partial charge in [-0.2, -0.15) is 5.26 Å². The highest BCUT2D eigenvalue weighted by molar-refractivity contribution is 9.10. The number of hydrogen-bond acceptors (Lipinski definition) is 5. The third kappa shape index (κ3) is 2.93. The number of carbonyl (C=O) groups is 1. The molecule has 2 rings (SSSR count). The van der Waals surface area contributed by atoms with Crippen molar-refractivity contribution in [1.29, 1.82) is 5.26 Å². The number of halogens is 1. The summed E-state index contributed by atoms with van der Waals surface area (Å²) in [6.45, 7) is 0. The number of rotatable bonds is 3. The van der Waals surface area contributed by atoms with Crippen molar-refractivity contribution in [2.45, 2.75) is 0 Å². The molecule has 100 valence electrons. The summed E-state index contributed by atoms with van der Waals surface area (Å²) >= 11 is 3.29. The lowest BCUT2D eigenvalue weighted by Crippen LogP contribution is -2.18. The Hall–Kier alpha value is -2.43. The zero-order valence-electron chi connectivity index (χ0n) is 10.2. The van der Waals surface area contributed by atoms with E-state index in [1.54, 1.807) is 24.3 Å². The molecule has 0 unspecified atom stereocenters. The van der Waals surface area contributed by atoms with Crippen molar-refractivity contribution in [3.63, 3.8) is 0 Å². The fourth-order valence-electron chi connectivity index (χ4n) is 1.61. The zero-order valence-corrected chi connectivity index (χ0v) is 11.8. The fraction of sp³-hybridized carbons (Fsp3) is 0. The Morgan fingerprint density at radius 2 is 2.15 bits per heavy atom. The number of benzene rings is 1. The van der Waals surface area contributed by atoms with Crippen molar-refractivity contribution in [2.24, 2.45) is 5.84 Å². The Morgan fingerprint density at radius 1 is 1.35 bits per heavy atom. The largest absolute Gasteiger partial charge is 0.323 e. The quantitative estimate of drug-likeness (QED) is 0.591. The summed E-state index contributed by atoms with van der Waals surface area (Å²) in [5.74, 6) is 4.94. The molecular weight excluding hydrogens is 322 g/mol.